The van der Waals surface area contributed by atoms with E-state index in [0.717, 1.165) is 0 Å². The maximum Gasteiger partial charge on any atom is 0.327 e. The quantitative estimate of drug-likeness (QED) is 0.526. The third kappa shape index (κ3) is 1.55. The topological polar surface area (TPSA) is 69.6 Å². The summed E-state index contributed by atoms with van der Waals surface area (Å²) in [6, 6.07) is -1.00. The van der Waals surface area contributed by atoms with E-state index in [0.29, 0.717) is 6.54 Å². The minimum Gasteiger partial charge on any atom is -0.480 e. The monoisotopic (exact) mass is 172 g/mol. The van der Waals surface area contributed by atoms with E-state index in [4.69, 9.17) is 5.11 Å². The normalized spacial score (nSPS) is 31.3. The molecular weight excluding hydrogens is 160 g/mol. The molecule has 0 bridgehead atoms. The van der Waals surface area contributed by atoms with Crippen LogP contribution in [-0.4, -0.2) is 47.6 Å². The van der Waals surface area contributed by atoms with Gasteiger partial charge in [-0.25, -0.2) is 4.79 Å². The van der Waals surface area contributed by atoms with Gasteiger partial charge in [-0.1, -0.05) is 0 Å². The second-order valence-electron chi connectivity index (χ2n) is 3.01. The van der Waals surface area contributed by atoms with Crippen LogP contribution >= 0.6 is 0 Å². The zero-order chi connectivity index (χ0) is 9.30. The molecule has 1 heterocycles. The third-order valence-electron chi connectivity index (χ3n) is 2.13. The number of nitrogens with zero attached hydrogens (tertiary/aromatic N) is 1. The van der Waals surface area contributed by atoms with Gasteiger partial charge in [0.1, 0.15) is 6.04 Å². The van der Waals surface area contributed by atoms with Crippen molar-refractivity contribution >= 4 is 11.9 Å². The van der Waals surface area contributed by atoms with Gasteiger partial charge in [0.05, 0.1) is 6.04 Å². The fourth-order valence-electron chi connectivity index (χ4n) is 1.12. The SMILES string of the molecule is CC1C(=O)NC(C(=O)O)CN1C. The van der Waals surface area contributed by atoms with Gasteiger partial charge < -0.3 is 10.4 Å². The van der Waals surface area contributed by atoms with Crippen molar-refractivity contribution in [1.82, 2.24) is 10.2 Å². The van der Waals surface area contributed by atoms with Crippen molar-refractivity contribution in [2.45, 2.75) is 19.0 Å². The van der Waals surface area contributed by atoms with Gasteiger partial charge in [0.2, 0.25) is 5.91 Å². The van der Waals surface area contributed by atoms with Crippen LogP contribution in [0.1, 0.15) is 6.92 Å². The molecule has 1 amide bonds. The first-order valence-electron chi connectivity index (χ1n) is 3.76. The number of carbonyl (C=O) groups excluding carboxylic acids is 1. The van der Waals surface area contributed by atoms with E-state index in [1.165, 1.54) is 0 Å². The molecule has 1 rings (SSSR count). The number of carbonyl (C=O) groups is 2. The average Bonchev–Trinajstić information content (AvgIpc) is 1.99. The summed E-state index contributed by atoms with van der Waals surface area (Å²) >= 11 is 0. The molecular formula is C7H12N2O3. The van der Waals surface area contributed by atoms with Gasteiger partial charge in [-0.05, 0) is 14.0 Å². The predicted octanol–water partition coefficient (Wildman–Crippen LogP) is -1.11. The maximum absolute atomic E-state index is 11.1. The number of nitrogens with one attached hydrogen (secondary N) is 1. The summed E-state index contributed by atoms with van der Waals surface area (Å²) in [5.74, 6) is -1.21. The summed E-state index contributed by atoms with van der Waals surface area (Å²) in [6.45, 7) is 2.11. The highest BCUT2D eigenvalue weighted by Gasteiger charge is 2.32. The molecule has 1 aliphatic heterocycles. The average molecular weight is 172 g/mol. The molecule has 0 spiro atoms. The number of likely N-dealkylation sites (N-methyl/N-ethyl adjacent to an activating group) is 1. The molecule has 0 saturated carbocycles. The molecule has 2 atom stereocenters. The summed E-state index contributed by atoms with van der Waals surface area (Å²) < 4.78 is 0. The van der Waals surface area contributed by atoms with Crippen LogP contribution in [0, 0.1) is 0 Å². The highest BCUT2D eigenvalue weighted by atomic mass is 16.4. The Balaban J connectivity index is 2.66. The number of hydrogen-bond donors (Lipinski definition) is 2. The van der Waals surface area contributed by atoms with E-state index in [2.05, 4.69) is 5.32 Å². The molecule has 0 aliphatic carbocycles. The van der Waals surface area contributed by atoms with Crippen molar-refractivity contribution in [2.75, 3.05) is 13.6 Å². The Kier molecular flexibility index (Phi) is 2.32. The van der Waals surface area contributed by atoms with Crippen LogP contribution in [0.4, 0.5) is 0 Å². The van der Waals surface area contributed by atoms with Crippen LogP contribution in [0.2, 0.25) is 0 Å². The van der Waals surface area contributed by atoms with Crippen LogP contribution < -0.4 is 5.32 Å². The van der Waals surface area contributed by atoms with E-state index in [1.54, 1.807) is 18.9 Å². The number of aliphatic carboxylic acids is 1. The molecule has 12 heavy (non-hydrogen) atoms. The predicted molar refractivity (Wildman–Crippen MR) is 41.7 cm³/mol. The van der Waals surface area contributed by atoms with Gasteiger partial charge in [-0.15, -0.1) is 0 Å². The molecule has 1 aliphatic rings. The first kappa shape index (κ1) is 8.99. The zero-order valence-electron chi connectivity index (χ0n) is 7.07. The molecule has 0 aromatic heterocycles. The van der Waals surface area contributed by atoms with Gasteiger partial charge in [-0.2, -0.15) is 0 Å². The van der Waals surface area contributed by atoms with Gasteiger partial charge in [0.15, 0.2) is 0 Å². The Bertz CT molecular complexity index is 217. The third-order valence-corrected chi connectivity index (χ3v) is 2.13. The molecule has 0 aromatic carbocycles. The fourth-order valence-corrected chi connectivity index (χ4v) is 1.12. The van der Waals surface area contributed by atoms with Crippen LogP contribution in [0.15, 0.2) is 0 Å². The van der Waals surface area contributed by atoms with Crippen molar-refractivity contribution in [2.24, 2.45) is 0 Å². The molecule has 5 nitrogen and oxygen atoms in total. The van der Waals surface area contributed by atoms with E-state index < -0.39 is 12.0 Å². The van der Waals surface area contributed by atoms with Crippen molar-refractivity contribution in [3.63, 3.8) is 0 Å². The van der Waals surface area contributed by atoms with Crippen molar-refractivity contribution in [3.8, 4) is 0 Å². The second kappa shape index (κ2) is 3.10. The highest BCUT2D eigenvalue weighted by molar-refractivity contribution is 5.88. The van der Waals surface area contributed by atoms with Gasteiger partial charge >= 0.3 is 5.97 Å². The second-order valence-corrected chi connectivity index (χ2v) is 3.01. The van der Waals surface area contributed by atoms with E-state index in [9.17, 15) is 9.59 Å². The van der Waals surface area contributed by atoms with Crippen LogP contribution in [-0.2, 0) is 9.59 Å². The highest BCUT2D eigenvalue weighted by Crippen LogP contribution is 2.04. The minimum atomic E-state index is -0.984. The Morgan fingerprint density at radius 3 is 2.75 bits per heavy atom. The number of rotatable bonds is 1. The number of carboxylic acids is 1. The summed E-state index contributed by atoms with van der Waals surface area (Å²) in [4.78, 5) is 23.3. The maximum atomic E-state index is 11.1. The first-order valence-corrected chi connectivity index (χ1v) is 3.76. The number of piperazine rings is 1. The fraction of sp³-hybridized carbons (Fsp3) is 0.714. The number of amides is 1. The lowest BCUT2D eigenvalue weighted by Gasteiger charge is -2.32. The first-order chi connectivity index (χ1) is 5.52. The lowest BCUT2D eigenvalue weighted by atomic mass is 10.1. The summed E-state index contributed by atoms with van der Waals surface area (Å²) in [5, 5.41) is 11.0. The van der Waals surface area contributed by atoms with E-state index in [-0.39, 0.29) is 11.9 Å². The van der Waals surface area contributed by atoms with Crippen LogP contribution in [0.25, 0.3) is 0 Å². The Hall–Kier alpha value is -1.10. The van der Waals surface area contributed by atoms with Crippen molar-refractivity contribution in [1.29, 1.82) is 0 Å². The smallest absolute Gasteiger partial charge is 0.327 e. The Morgan fingerprint density at radius 1 is 1.75 bits per heavy atom. The molecule has 2 N–H and O–H groups in total. The number of carboxylic acid groups (broad SMARTS) is 1. The van der Waals surface area contributed by atoms with Gasteiger partial charge in [0.25, 0.3) is 0 Å². The molecule has 0 radical (unpaired) electrons. The summed E-state index contributed by atoms with van der Waals surface area (Å²) in [5.41, 5.74) is 0. The molecule has 68 valence electrons. The van der Waals surface area contributed by atoms with Gasteiger partial charge in [0, 0.05) is 6.54 Å². The van der Waals surface area contributed by atoms with Crippen molar-refractivity contribution < 1.29 is 14.7 Å². The lowest BCUT2D eigenvalue weighted by Crippen LogP contribution is -2.60. The molecule has 2 unspecified atom stereocenters. The standard InChI is InChI=1S/C7H12N2O3/c1-4-6(10)8-5(7(11)12)3-9(4)2/h4-5H,3H2,1-2H3,(H,8,10)(H,11,12). The van der Waals surface area contributed by atoms with Gasteiger partial charge in [-0.3, -0.25) is 9.69 Å². The Labute approximate surface area is 70.4 Å². The zero-order valence-corrected chi connectivity index (χ0v) is 7.07. The van der Waals surface area contributed by atoms with Crippen LogP contribution in [0.5, 0.6) is 0 Å². The number of hydrogen-bond acceptors (Lipinski definition) is 3. The summed E-state index contributed by atoms with van der Waals surface area (Å²) in [7, 11) is 1.74. The molecule has 1 saturated heterocycles. The minimum absolute atomic E-state index is 0.226. The van der Waals surface area contributed by atoms with E-state index >= 15 is 0 Å². The van der Waals surface area contributed by atoms with Crippen LogP contribution in [0.3, 0.4) is 0 Å². The lowest BCUT2D eigenvalue weighted by molar-refractivity contribution is -0.146. The van der Waals surface area contributed by atoms with E-state index in [1.807, 2.05) is 0 Å². The molecule has 0 aromatic rings. The Morgan fingerprint density at radius 2 is 2.33 bits per heavy atom. The largest absolute Gasteiger partial charge is 0.480 e. The molecule has 1 fully saturated rings. The van der Waals surface area contributed by atoms with Crippen molar-refractivity contribution in [3.05, 3.63) is 0 Å². The summed E-state index contributed by atoms with van der Waals surface area (Å²) in [6.07, 6.45) is 0. The molecule has 5 heteroatoms.